The van der Waals surface area contributed by atoms with Crippen LogP contribution in [0, 0.1) is 0 Å². The van der Waals surface area contributed by atoms with Gasteiger partial charge >= 0.3 is 5.97 Å². The molecule has 1 aromatic carbocycles. The fourth-order valence-electron chi connectivity index (χ4n) is 3.07. The van der Waals surface area contributed by atoms with Gasteiger partial charge in [-0.25, -0.2) is 4.79 Å². The first-order valence-corrected chi connectivity index (χ1v) is 7.53. The second-order valence-electron chi connectivity index (χ2n) is 5.67. The second-order valence-corrected chi connectivity index (χ2v) is 5.67. The van der Waals surface area contributed by atoms with Gasteiger partial charge in [0.25, 0.3) is 0 Å². The lowest BCUT2D eigenvalue weighted by Crippen LogP contribution is -2.34. The molecule has 0 saturated carbocycles. The van der Waals surface area contributed by atoms with E-state index in [1.54, 1.807) is 24.5 Å². The van der Waals surface area contributed by atoms with Gasteiger partial charge < -0.3 is 5.11 Å². The molecule has 0 aliphatic carbocycles. The number of carboxylic acids is 1. The first-order chi connectivity index (χ1) is 10.7. The van der Waals surface area contributed by atoms with Crippen molar-refractivity contribution in [2.24, 2.45) is 0 Å². The lowest BCUT2D eigenvalue weighted by Gasteiger charge is -2.32. The van der Waals surface area contributed by atoms with Crippen LogP contribution in [0.2, 0.25) is 0 Å². The molecule has 1 aliphatic heterocycles. The van der Waals surface area contributed by atoms with Gasteiger partial charge in [0.1, 0.15) is 0 Å². The average molecular weight is 297 g/mol. The largest absolute Gasteiger partial charge is 0.478 e. The van der Waals surface area contributed by atoms with Gasteiger partial charge in [0.15, 0.2) is 0 Å². The van der Waals surface area contributed by atoms with E-state index in [0.29, 0.717) is 18.0 Å². The Hall–Kier alpha value is -2.27. The number of likely N-dealkylation sites (tertiary alicyclic amines) is 1. The van der Waals surface area contributed by atoms with Crippen LogP contribution in [-0.4, -0.2) is 39.0 Å². The summed E-state index contributed by atoms with van der Waals surface area (Å²) in [6.07, 6.45) is 7.45. The number of hydrogen-bond acceptors (Lipinski definition) is 4. The van der Waals surface area contributed by atoms with Crippen LogP contribution in [0.4, 0.5) is 0 Å². The van der Waals surface area contributed by atoms with E-state index < -0.39 is 5.97 Å². The molecule has 0 unspecified atom stereocenters. The number of benzene rings is 1. The number of piperidine rings is 1. The van der Waals surface area contributed by atoms with Crippen molar-refractivity contribution in [3.63, 3.8) is 0 Å². The zero-order chi connectivity index (χ0) is 15.4. The second kappa shape index (κ2) is 6.66. The lowest BCUT2D eigenvalue weighted by molar-refractivity contribution is 0.0694. The third-order valence-electron chi connectivity index (χ3n) is 4.15. The zero-order valence-electron chi connectivity index (χ0n) is 12.4. The van der Waals surface area contributed by atoms with Gasteiger partial charge in [-0.1, -0.05) is 18.2 Å². The van der Waals surface area contributed by atoms with Crippen LogP contribution in [0.15, 0.2) is 42.9 Å². The van der Waals surface area contributed by atoms with Crippen molar-refractivity contribution in [3.05, 3.63) is 59.7 Å². The quantitative estimate of drug-likeness (QED) is 0.939. The van der Waals surface area contributed by atoms with Crippen LogP contribution in [0.5, 0.6) is 0 Å². The van der Waals surface area contributed by atoms with Crippen molar-refractivity contribution in [1.29, 1.82) is 0 Å². The third kappa shape index (κ3) is 3.31. The summed E-state index contributed by atoms with van der Waals surface area (Å²) in [5.41, 5.74) is 2.29. The minimum Gasteiger partial charge on any atom is -0.478 e. The third-order valence-corrected chi connectivity index (χ3v) is 4.15. The van der Waals surface area contributed by atoms with Crippen molar-refractivity contribution >= 4 is 5.97 Å². The molecule has 2 aromatic rings. The van der Waals surface area contributed by atoms with E-state index in [0.717, 1.165) is 37.2 Å². The topological polar surface area (TPSA) is 66.3 Å². The van der Waals surface area contributed by atoms with Crippen LogP contribution in [0.25, 0.3) is 0 Å². The predicted octanol–water partition coefficient (Wildman–Crippen LogP) is 2.55. The molecular formula is C17H19N3O2. The zero-order valence-corrected chi connectivity index (χ0v) is 12.4. The van der Waals surface area contributed by atoms with Crippen molar-refractivity contribution in [2.45, 2.75) is 25.3 Å². The molecule has 0 amide bonds. The number of carbonyl (C=O) groups is 1. The van der Waals surface area contributed by atoms with Crippen LogP contribution in [0.3, 0.4) is 0 Å². The van der Waals surface area contributed by atoms with Gasteiger partial charge in [-0.2, -0.15) is 0 Å². The Labute approximate surface area is 129 Å². The molecule has 0 radical (unpaired) electrons. The Kier molecular flexibility index (Phi) is 4.44. The number of aromatic nitrogens is 2. The normalized spacial score (nSPS) is 19.0. The molecule has 114 valence electrons. The smallest absolute Gasteiger partial charge is 0.336 e. The van der Waals surface area contributed by atoms with E-state index in [-0.39, 0.29) is 0 Å². The first kappa shape index (κ1) is 14.7. The fraction of sp³-hybridized carbons (Fsp3) is 0.353. The van der Waals surface area contributed by atoms with Gasteiger partial charge in [-0.05, 0) is 31.0 Å². The van der Waals surface area contributed by atoms with E-state index in [1.165, 1.54) is 0 Å². The van der Waals surface area contributed by atoms with E-state index in [1.807, 2.05) is 18.3 Å². The van der Waals surface area contributed by atoms with Crippen LogP contribution >= 0.6 is 0 Å². The average Bonchev–Trinajstić information content (AvgIpc) is 2.56. The van der Waals surface area contributed by atoms with Gasteiger partial charge in [0.2, 0.25) is 0 Å². The number of hydrogen-bond donors (Lipinski definition) is 1. The highest BCUT2D eigenvalue weighted by Crippen LogP contribution is 2.26. The Balaban J connectivity index is 1.72. The molecule has 1 aliphatic rings. The Morgan fingerprint density at radius 3 is 2.95 bits per heavy atom. The number of rotatable bonds is 4. The summed E-state index contributed by atoms with van der Waals surface area (Å²) in [4.78, 5) is 22.2. The summed E-state index contributed by atoms with van der Waals surface area (Å²) >= 11 is 0. The number of nitrogens with zero attached hydrogens (tertiary/aromatic N) is 3. The van der Waals surface area contributed by atoms with E-state index in [2.05, 4.69) is 14.9 Å². The van der Waals surface area contributed by atoms with E-state index >= 15 is 0 Å². The molecule has 1 N–H and O–H groups in total. The molecule has 22 heavy (non-hydrogen) atoms. The minimum absolute atomic E-state index is 0.374. The lowest BCUT2D eigenvalue weighted by atomic mass is 9.94. The SMILES string of the molecule is O=C(O)c1ccccc1CN1CCC[C@H](c2cnccn2)C1. The number of carboxylic acid groups (broad SMARTS) is 1. The Morgan fingerprint density at radius 1 is 1.32 bits per heavy atom. The fourth-order valence-corrected chi connectivity index (χ4v) is 3.07. The highest BCUT2D eigenvalue weighted by Gasteiger charge is 2.23. The Morgan fingerprint density at radius 2 is 2.18 bits per heavy atom. The van der Waals surface area contributed by atoms with Gasteiger partial charge in [0, 0.05) is 37.6 Å². The molecule has 3 rings (SSSR count). The van der Waals surface area contributed by atoms with Crippen molar-refractivity contribution in [1.82, 2.24) is 14.9 Å². The van der Waals surface area contributed by atoms with E-state index in [9.17, 15) is 9.90 Å². The molecule has 0 spiro atoms. The van der Waals surface area contributed by atoms with Crippen LogP contribution < -0.4 is 0 Å². The molecule has 2 heterocycles. The molecule has 1 fully saturated rings. The highest BCUT2D eigenvalue weighted by atomic mass is 16.4. The molecular weight excluding hydrogens is 278 g/mol. The molecule has 1 atom stereocenters. The van der Waals surface area contributed by atoms with Crippen molar-refractivity contribution in [2.75, 3.05) is 13.1 Å². The van der Waals surface area contributed by atoms with Crippen molar-refractivity contribution in [3.8, 4) is 0 Å². The summed E-state index contributed by atoms with van der Waals surface area (Å²) in [5.74, 6) is -0.488. The summed E-state index contributed by atoms with van der Waals surface area (Å²) in [5, 5.41) is 9.29. The number of aromatic carboxylic acids is 1. The maximum absolute atomic E-state index is 11.3. The van der Waals surface area contributed by atoms with Crippen molar-refractivity contribution < 1.29 is 9.90 Å². The van der Waals surface area contributed by atoms with Crippen LogP contribution in [0.1, 0.15) is 40.4 Å². The molecule has 5 heteroatoms. The molecule has 1 saturated heterocycles. The minimum atomic E-state index is -0.863. The maximum Gasteiger partial charge on any atom is 0.336 e. The van der Waals surface area contributed by atoms with Gasteiger partial charge in [-0.15, -0.1) is 0 Å². The Bertz CT molecular complexity index is 645. The predicted molar refractivity (Wildman–Crippen MR) is 82.7 cm³/mol. The summed E-state index contributed by atoms with van der Waals surface area (Å²) < 4.78 is 0. The van der Waals surface area contributed by atoms with Gasteiger partial charge in [0.05, 0.1) is 11.3 Å². The molecule has 5 nitrogen and oxygen atoms in total. The van der Waals surface area contributed by atoms with Crippen LogP contribution in [-0.2, 0) is 6.54 Å². The molecule has 0 bridgehead atoms. The summed E-state index contributed by atoms with van der Waals surface area (Å²) in [6, 6.07) is 7.23. The maximum atomic E-state index is 11.3. The summed E-state index contributed by atoms with van der Waals surface area (Å²) in [6.45, 7) is 2.55. The van der Waals surface area contributed by atoms with Gasteiger partial charge in [-0.3, -0.25) is 14.9 Å². The molecule has 1 aromatic heterocycles. The standard InChI is InChI=1S/C17H19N3O2/c21-17(22)15-6-2-1-4-13(15)11-20-9-3-5-14(12-20)16-10-18-7-8-19-16/h1-2,4,6-8,10,14H,3,5,9,11-12H2,(H,21,22)/t14-/m0/s1. The van der Waals surface area contributed by atoms with E-state index in [4.69, 9.17) is 0 Å². The first-order valence-electron chi connectivity index (χ1n) is 7.53. The highest BCUT2D eigenvalue weighted by molar-refractivity contribution is 5.89. The summed E-state index contributed by atoms with van der Waals surface area (Å²) in [7, 11) is 0. The monoisotopic (exact) mass is 297 g/mol.